The molecule has 0 amide bonds. The van der Waals surface area contributed by atoms with Crippen LogP contribution in [0.5, 0.6) is 0 Å². The molecule has 0 spiro atoms. The lowest BCUT2D eigenvalue weighted by molar-refractivity contribution is 0.0685. The largest absolute Gasteiger partial charge is 0.477 e. The van der Waals surface area contributed by atoms with E-state index in [0.29, 0.717) is 0 Å². The molecule has 0 aliphatic heterocycles. The zero-order valence-corrected chi connectivity index (χ0v) is 8.49. The van der Waals surface area contributed by atoms with Gasteiger partial charge in [0.05, 0.1) is 5.75 Å². The molecule has 0 aromatic carbocycles. The molecule has 1 aromatic rings. The van der Waals surface area contributed by atoms with E-state index in [1.807, 2.05) is 0 Å². The van der Waals surface area contributed by atoms with Gasteiger partial charge in [-0.05, 0) is 12.1 Å². The number of aromatic nitrogens is 1. The predicted molar refractivity (Wildman–Crippen MR) is 51.1 cm³/mol. The van der Waals surface area contributed by atoms with Crippen LogP contribution < -0.4 is 0 Å². The van der Waals surface area contributed by atoms with Crippen LogP contribution in [-0.4, -0.2) is 36.1 Å². The number of carbonyl (C=O) groups is 1. The van der Waals surface area contributed by atoms with Gasteiger partial charge in [0.1, 0.15) is 15.5 Å². The van der Waals surface area contributed by atoms with E-state index in [1.54, 1.807) is 12.3 Å². The van der Waals surface area contributed by atoms with E-state index in [2.05, 4.69) is 0 Å². The summed E-state index contributed by atoms with van der Waals surface area (Å²) in [7, 11) is -3.06. The van der Waals surface area contributed by atoms with E-state index in [1.165, 1.54) is 10.6 Å². The van der Waals surface area contributed by atoms with Gasteiger partial charge in [-0.3, -0.25) is 0 Å². The number of hydrogen-bond donors (Lipinski definition) is 1. The second-order valence-corrected chi connectivity index (χ2v) is 5.28. The minimum Gasteiger partial charge on any atom is -0.477 e. The van der Waals surface area contributed by atoms with Crippen molar-refractivity contribution in [3.05, 3.63) is 24.0 Å². The molecule has 0 unspecified atom stereocenters. The van der Waals surface area contributed by atoms with Gasteiger partial charge in [0.2, 0.25) is 0 Å². The zero-order valence-electron chi connectivity index (χ0n) is 7.67. The van der Waals surface area contributed by atoms with Crippen LogP contribution in [0.25, 0.3) is 0 Å². The van der Waals surface area contributed by atoms with E-state index in [4.69, 9.17) is 5.11 Å². The summed E-state index contributed by atoms with van der Waals surface area (Å²) in [6, 6.07) is 3.01. The predicted octanol–water partition coefficient (Wildman–Crippen LogP) is 0.231. The molecule has 0 bridgehead atoms. The highest BCUT2D eigenvalue weighted by molar-refractivity contribution is 7.90. The molecule has 0 saturated heterocycles. The molecule has 0 saturated carbocycles. The Labute approximate surface area is 81.9 Å². The number of carboxylic acids is 1. The number of hydrogen-bond acceptors (Lipinski definition) is 3. The van der Waals surface area contributed by atoms with Crippen LogP contribution in [-0.2, 0) is 16.4 Å². The number of carboxylic acid groups (broad SMARTS) is 1. The summed E-state index contributed by atoms with van der Waals surface area (Å²) in [5, 5.41) is 8.71. The lowest BCUT2D eigenvalue weighted by Gasteiger charge is -2.04. The number of aryl methyl sites for hydroxylation is 1. The molecule has 78 valence electrons. The first-order valence-electron chi connectivity index (χ1n) is 3.96. The van der Waals surface area contributed by atoms with Gasteiger partial charge in [0.15, 0.2) is 0 Å². The average Bonchev–Trinajstić information content (AvgIpc) is 2.46. The lowest BCUT2D eigenvalue weighted by atomic mass is 10.4. The van der Waals surface area contributed by atoms with E-state index in [9.17, 15) is 13.2 Å². The summed E-state index contributed by atoms with van der Waals surface area (Å²) in [5.74, 6) is -1.11. The number of nitrogens with zero attached hydrogens (tertiary/aromatic N) is 1. The highest BCUT2D eigenvalue weighted by Gasteiger charge is 2.10. The molecule has 1 N–H and O–H groups in total. The van der Waals surface area contributed by atoms with Gasteiger partial charge >= 0.3 is 5.97 Å². The maximum atomic E-state index is 10.8. The van der Waals surface area contributed by atoms with Crippen LogP contribution in [0.1, 0.15) is 10.5 Å². The van der Waals surface area contributed by atoms with Crippen molar-refractivity contribution in [1.29, 1.82) is 0 Å². The Morgan fingerprint density at radius 1 is 1.57 bits per heavy atom. The van der Waals surface area contributed by atoms with Crippen LogP contribution in [0.15, 0.2) is 18.3 Å². The fourth-order valence-electron chi connectivity index (χ4n) is 1.07. The van der Waals surface area contributed by atoms with Gasteiger partial charge in [-0.1, -0.05) is 0 Å². The smallest absolute Gasteiger partial charge is 0.352 e. The van der Waals surface area contributed by atoms with Crippen LogP contribution in [0.2, 0.25) is 0 Å². The fraction of sp³-hybridized carbons (Fsp3) is 0.375. The lowest BCUT2D eigenvalue weighted by Crippen LogP contribution is -2.14. The second kappa shape index (κ2) is 3.83. The Morgan fingerprint density at radius 3 is 2.71 bits per heavy atom. The van der Waals surface area contributed by atoms with Crippen molar-refractivity contribution in [3.8, 4) is 0 Å². The molecule has 1 aromatic heterocycles. The summed E-state index contributed by atoms with van der Waals surface area (Å²) in [4.78, 5) is 10.6. The van der Waals surface area contributed by atoms with Gasteiger partial charge in [-0.2, -0.15) is 0 Å². The molecular formula is C8H11NO4S. The maximum absolute atomic E-state index is 10.8. The van der Waals surface area contributed by atoms with E-state index >= 15 is 0 Å². The van der Waals surface area contributed by atoms with E-state index in [-0.39, 0.29) is 18.0 Å². The van der Waals surface area contributed by atoms with Crippen molar-refractivity contribution in [1.82, 2.24) is 4.57 Å². The van der Waals surface area contributed by atoms with Crippen molar-refractivity contribution in [3.63, 3.8) is 0 Å². The molecular weight excluding hydrogens is 206 g/mol. The Bertz CT molecular complexity index is 432. The summed E-state index contributed by atoms with van der Waals surface area (Å²) in [6.07, 6.45) is 2.67. The Kier molecular flexibility index (Phi) is 2.95. The second-order valence-electron chi connectivity index (χ2n) is 3.02. The Balaban J connectivity index is 2.77. The van der Waals surface area contributed by atoms with Gasteiger partial charge in [-0.25, -0.2) is 13.2 Å². The minimum atomic E-state index is -3.06. The SMILES string of the molecule is CS(=O)(=O)CCn1cccc1C(=O)O. The summed E-state index contributed by atoms with van der Waals surface area (Å²) < 4.78 is 23.1. The summed E-state index contributed by atoms with van der Waals surface area (Å²) in [6.45, 7) is 0.174. The quantitative estimate of drug-likeness (QED) is 0.783. The fourth-order valence-corrected chi connectivity index (χ4v) is 1.60. The molecule has 0 aliphatic rings. The third-order valence-electron chi connectivity index (χ3n) is 1.75. The van der Waals surface area contributed by atoms with Crippen molar-refractivity contribution >= 4 is 15.8 Å². The Morgan fingerprint density at radius 2 is 2.21 bits per heavy atom. The molecule has 0 atom stereocenters. The normalized spacial score (nSPS) is 11.5. The standard InChI is InChI=1S/C8H11NO4S/c1-14(12,13)6-5-9-4-2-3-7(9)8(10)11/h2-4H,5-6H2,1H3,(H,10,11). The first-order valence-corrected chi connectivity index (χ1v) is 6.02. The van der Waals surface area contributed by atoms with Gasteiger partial charge < -0.3 is 9.67 Å². The van der Waals surface area contributed by atoms with Crippen LogP contribution in [0, 0.1) is 0 Å². The van der Waals surface area contributed by atoms with Gasteiger partial charge in [0.25, 0.3) is 0 Å². The number of sulfone groups is 1. The van der Waals surface area contributed by atoms with Crippen molar-refractivity contribution in [2.75, 3.05) is 12.0 Å². The summed E-state index contributed by atoms with van der Waals surface area (Å²) >= 11 is 0. The molecule has 0 aliphatic carbocycles. The molecule has 1 heterocycles. The van der Waals surface area contributed by atoms with Crippen molar-refractivity contribution in [2.45, 2.75) is 6.54 Å². The van der Waals surface area contributed by atoms with Crippen LogP contribution >= 0.6 is 0 Å². The average molecular weight is 217 g/mol. The zero-order chi connectivity index (χ0) is 10.8. The maximum Gasteiger partial charge on any atom is 0.352 e. The first kappa shape index (κ1) is 10.8. The third-order valence-corrected chi connectivity index (χ3v) is 2.68. The molecule has 14 heavy (non-hydrogen) atoms. The molecule has 6 heteroatoms. The highest BCUT2D eigenvalue weighted by Crippen LogP contribution is 2.02. The molecule has 5 nitrogen and oxygen atoms in total. The first-order chi connectivity index (χ1) is 6.40. The van der Waals surface area contributed by atoms with Gasteiger partial charge in [0, 0.05) is 19.0 Å². The van der Waals surface area contributed by atoms with Crippen molar-refractivity contribution < 1.29 is 18.3 Å². The van der Waals surface area contributed by atoms with E-state index < -0.39 is 15.8 Å². The van der Waals surface area contributed by atoms with Crippen molar-refractivity contribution in [2.24, 2.45) is 0 Å². The molecule has 1 rings (SSSR count). The van der Waals surface area contributed by atoms with Crippen LogP contribution in [0.4, 0.5) is 0 Å². The number of rotatable bonds is 4. The minimum absolute atomic E-state index is 0.0536. The Hall–Kier alpha value is -1.30. The highest BCUT2D eigenvalue weighted by atomic mass is 32.2. The number of aromatic carboxylic acids is 1. The third kappa shape index (κ3) is 2.88. The molecule has 0 radical (unpaired) electrons. The van der Waals surface area contributed by atoms with E-state index in [0.717, 1.165) is 6.26 Å². The van der Waals surface area contributed by atoms with Crippen LogP contribution in [0.3, 0.4) is 0 Å². The van der Waals surface area contributed by atoms with Gasteiger partial charge in [-0.15, -0.1) is 0 Å². The molecule has 0 fully saturated rings. The summed E-state index contributed by atoms with van der Waals surface area (Å²) in [5.41, 5.74) is 0.105. The monoisotopic (exact) mass is 217 g/mol. The topological polar surface area (TPSA) is 76.4 Å².